The molecule has 1 fully saturated rings. The fourth-order valence-electron chi connectivity index (χ4n) is 4.77. The van der Waals surface area contributed by atoms with Crippen LogP contribution in [0.1, 0.15) is 34.2 Å². The summed E-state index contributed by atoms with van der Waals surface area (Å²) in [4.78, 5) is 4.60. The highest BCUT2D eigenvalue weighted by atomic mass is 16.6. The summed E-state index contributed by atoms with van der Waals surface area (Å²) in [6.45, 7) is 4.16. The molecule has 0 spiro atoms. The van der Waals surface area contributed by atoms with Crippen LogP contribution in [0.25, 0.3) is 0 Å². The van der Waals surface area contributed by atoms with Gasteiger partial charge in [-0.05, 0) is 35.2 Å². The highest BCUT2D eigenvalue weighted by Crippen LogP contribution is 2.28. The zero-order valence-corrected chi connectivity index (χ0v) is 21.9. The SMILES string of the molecule is Cc1cc(CC2CC(OCc3ccccc3)C(COCc3ccccc3)O2)cnc1OCc1ccccc1. The predicted octanol–water partition coefficient (Wildman–Crippen LogP) is 6.47. The van der Waals surface area contributed by atoms with Crippen LogP contribution in [0.3, 0.4) is 0 Å². The van der Waals surface area contributed by atoms with Gasteiger partial charge in [0.25, 0.3) is 0 Å². The van der Waals surface area contributed by atoms with E-state index in [9.17, 15) is 0 Å². The molecule has 1 aliphatic heterocycles. The number of pyridine rings is 1. The summed E-state index contributed by atoms with van der Waals surface area (Å²) in [6.07, 6.45) is 3.38. The molecule has 3 atom stereocenters. The van der Waals surface area contributed by atoms with E-state index in [1.165, 1.54) is 0 Å². The van der Waals surface area contributed by atoms with Crippen molar-refractivity contribution in [3.05, 3.63) is 131 Å². The molecule has 1 aromatic heterocycles. The molecule has 1 aliphatic rings. The monoisotopic (exact) mass is 509 g/mol. The lowest BCUT2D eigenvalue weighted by Crippen LogP contribution is -2.29. The lowest BCUT2D eigenvalue weighted by Gasteiger charge is -2.19. The van der Waals surface area contributed by atoms with Gasteiger partial charge < -0.3 is 18.9 Å². The molecule has 5 rings (SSSR count). The van der Waals surface area contributed by atoms with E-state index in [-0.39, 0.29) is 18.3 Å². The fraction of sp³-hybridized carbons (Fsp3) is 0.303. The summed E-state index contributed by atoms with van der Waals surface area (Å²) in [5, 5.41) is 0. The largest absolute Gasteiger partial charge is 0.473 e. The average Bonchev–Trinajstić information content (AvgIpc) is 3.34. The normalized spacial score (nSPS) is 18.9. The van der Waals surface area contributed by atoms with Crippen LogP contribution in [0.15, 0.2) is 103 Å². The zero-order valence-electron chi connectivity index (χ0n) is 21.9. The van der Waals surface area contributed by atoms with Crippen molar-refractivity contribution in [1.82, 2.24) is 4.98 Å². The van der Waals surface area contributed by atoms with E-state index in [2.05, 4.69) is 47.4 Å². The minimum Gasteiger partial charge on any atom is -0.473 e. The van der Waals surface area contributed by atoms with Crippen LogP contribution >= 0.6 is 0 Å². The summed E-state index contributed by atoms with van der Waals surface area (Å²) in [6, 6.07) is 32.8. The Bertz CT molecular complexity index is 1250. The second-order valence-corrected chi connectivity index (χ2v) is 9.81. The number of rotatable bonds is 12. The maximum absolute atomic E-state index is 6.47. The van der Waals surface area contributed by atoms with Gasteiger partial charge in [-0.15, -0.1) is 0 Å². The Labute approximate surface area is 225 Å². The van der Waals surface area contributed by atoms with Crippen LogP contribution in [0, 0.1) is 6.92 Å². The molecule has 3 unspecified atom stereocenters. The fourth-order valence-corrected chi connectivity index (χ4v) is 4.77. The Morgan fingerprint density at radius 2 is 1.37 bits per heavy atom. The summed E-state index contributed by atoms with van der Waals surface area (Å²) >= 11 is 0. The maximum atomic E-state index is 6.47. The number of benzene rings is 3. The number of hydrogen-bond donors (Lipinski definition) is 0. The van der Waals surface area contributed by atoms with Crippen molar-refractivity contribution < 1.29 is 18.9 Å². The van der Waals surface area contributed by atoms with Crippen molar-refractivity contribution in [1.29, 1.82) is 0 Å². The molecule has 196 valence electrons. The van der Waals surface area contributed by atoms with Crippen LogP contribution in [-0.4, -0.2) is 29.9 Å². The van der Waals surface area contributed by atoms with Gasteiger partial charge in [-0.2, -0.15) is 0 Å². The Hall–Kier alpha value is -3.51. The van der Waals surface area contributed by atoms with E-state index >= 15 is 0 Å². The molecule has 1 saturated heterocycles. The molecule has 38 heavy (non-hydrogen) atoms. The molecule has 5 heteroatoms. The van der Waals surface area contributed by atoms with Gasteiger partial charge in [-0.25, -0.2) is 4.98 Å². The standard InChI is InChI=1S/C33H35NO4/c1-25-17-29(20-34-33(25)37-23-28-15-9-4-10-16-28)18-30-19-31(36-22-27-13-7-3-8-14-27)32(38-30)24-35-21-26-11-5-2-6-12-26/h2-17,20,30-32H,18-19,21-24H2,1H3. The van der Waals surface area contributed by atoms with E-state index < -0.39 is 0 Å². The van der Waals surface area contributed by atoms with Gasteiger partial charge in [0.2, 0.25) is 5.88 Å². The lowest BCUT2D eigenvalue weighted by atomic mass is 10.0. The van der Waals surface area contributed by atoms with Crippen molar-refractivity contribution in [2.24, 2.45) is 0 Å². The Balaban J connectivity index is 1.18. The van der Waals surface area contributed by atoms with Gasteiger partial charge in [0.1, 0.15) is 12.7 Å². The molecule has 0 radical (unpaired) electrons. The van der Waals surface area contributed by atoms with E-state index in [1.54, 1.807) is 0 Å². The smallest absolute Gasteiger partial charge is 0.216 e. The van der Waals surface area contributed by atoms with Gasteiger partial charge in [0.15, 0.2) is 0 Å². The Morgan fingerprint density at radius 3 is 2.00 bits per heavy atom. The highest BCUT2D eigenvalue weighted by Gasteiger charge is 2.36. The Kier molecular flexibility index (Phi) is 9.16. The highest BCUT2D eigenvalue weighted by molar-refractivity contribution is 5.29. The van der Waals surface area contributed by atoms with Crippen LogP contribution < -0.4 is 4.74 Å². The van der Waals surface area contributed by atoms with Crippen molar-refractivity contribution >= 4 is 0 Å². The molecular formula is C33H35NO4. The first kappa shape index (κ1) is 26.1. The molecule has 0 N–H and O–H groups in total. The van der Waals surface area contributed by atoms with Crippen molar-refractivity contribution in [3.8, 4) is 5.88 Å². The third-order valence-electron chi connectivity index (χ3n) is 6.75. The van der Waals surface area contributed by atoms with Crippen LogP contribution in [0.2, 0.25) is 0 Å². The third kappa shape index (κ3) is 7.51. The van der Waals surface area contributed by atoms with Crippen LogP contribution in [-0.2, 0) is 40.5 Å². The summed E-state index contributed by atoms with van der Waals surface area (Å²) in [5.41, 5.74) is 5.59. The van der Waals surface area contributed by atoms with Crippen molar-refractivity contribution in [2.75, 3.05) is 6.61 Å². The predicted molar refractivity (Wildman–Crippen MR) is 148 cm³/mol. The van der Waals surface area contributed by atoms with Crippen LogP contribution in [0.4, 0.5) is 0 Å². The number of aromatic nitrogens is 1. The summed E-state index contributed by atoms with van der Waals surface area (Å²) in [7, 11) is 0. The second-order valence-electron chi connectivity index (χ2n) is 9.81. The molecule has 4 aromatic rings. The maximum Gasteiger partial charge on any atom is 0.216 e. The van der Waals surface area contributed by atoms with E-state index in [1.807, 2.05) is 67.7 Å². The number of ether oxygens (including phenoxy) is 4. The summed E-state index contributed by atoms with van der Waals surface area (Å²) in [5.74, 6) is 0.668. The lowest BCUT2D eigenvalue weighted by molar-refractivity contribution is -0.0708. The minimum absolute atomic E-state index is 0.0292. The van der Waals surface area contributed by atoms with Gasteiger partial charge >= 0.3 is 0 Å². The third-order valence-corrected chi connectivity index (χ3v) is 6.75. The first-order valence-electron chi connectivity index (χ1n) is 13.3. The van der Waals surface area contributed by atoms with Gasteiger partial charge in [0.05, 0.1) is 32.0 Å². The van der Waals surface area contributed by atoms with Gasteiger partial charge in [-0.3, -0.25) is 0 Å². The molecule has 0 amide bonds. The molecule has 2 heterocycles. The molecule has 5 nitrogen and oxygen atoms in total. The number of nitrogens with zero attached hydrogens (tertiary/aromatic N) is 1. The van der Waals surface area contributed by atoms with E-state index in [0.29, 0.717) is 32.3 Å². The minimum atomic E-state index is -0.116. The first-order valence-corrected chi connectivity index (χ1v) is 13.3. The molecule has 0 saturated carbocycles. The van der Waals surface area contributed by atoms with Gasteiger partial charge in [-0.1, -0.05) is 91.0 Å². The van der Waals surface area contributed by atoms with E-state index in [0.717, 1.165) is 40.7 Å². The summed E-state index contributed by atoms with van der Waals surface area (Å²) < 4.78 is 24.8. The molecule has 3 aromatic carbocycles. The zero-order chi connectivity index (χ0) is 26.0. The average molecular weight is 510 g/mol. The van der Waals surface area contributed by atoms with Gasteiger partial charge in [0, 0.05) is 24.6 Å². The van der Waals surface area contributed by atoms with Crippen LogP contribution in [0.5, 0.6) is 5.88 Å². The second kappa shape index (κ2) is 13.3. The first-order chi connectivity index (χ1) is 18.7. The Morgan fingerprint density at radius 1 is 0.763 bits per heavy atom. The van der Waals surface area contributed by atoms with Crippen molar-refractivity contribution in [2.45, 2.75) is 57.9 Å². The van der Waals surface area contributed by atoms with Crippen molar-refractivity contribution in [3.63, 3.8) is 0 Å². The quantitative estimate of drug-likeness (QED) is 0.219. The van der Waals surface area contributed by atoms with E-state index in [4.69, 9.17) is 18.9 Å². The molecule has 0 bridgehead atoms. The topological polar surface area (TPSA) is 49.8 Å². The molecule has 0 aliphatic carbocycles. The number of hydrogen-bond acceptors (Lipinski definition) is 5. The molecular weight excluding hydrogens is 474 g/mol. The number of aryl methyl sites for hydroxylation is 1.